The molecule has 3 saturated carbocycles. The lowest BCUT2D eigenvalue weighted by Gasteiger charge is -2.58. The van der Waals surface area contributed by atoms with Crippen molar-refractivity contribution in [1.82, 2.24) is 0 Å². The maximum absolute atomic E-state index is 8.86. The van der Waals surface area contributed by atoms with Gasteiger partial charge in [-0.3, -0.25) is 4.18 Å². The molecule has 29 heavy (non-hydrogen) atoms. The number of hydrogen-bond donors (Lipinski definition) is 1. The Morgan fingerprint density at radius 1 is 1.10 bits per heavy atom. The number of fused-ring (bicyclic) bond motifs is 5. The maximum atomic E-state index is 8.86. The summed E-state index contributed by atoms with van der Waals surface area (Å²) in [5.41, 5.74) is 2.95. The van der Waals surface area contributed by atoms with Crippen molar-refractivity contribution in [3.8, 4) is 0 Å². The Balaban J connectivity index is 1.42. The average molecular weight is 421 g/mol. The number of allylic oxidation sites excluding steroid dienone is 2. The van der Waals surface area contributed by atoms with Gasteiger partial charge < -0.3 is 4.55 Å². The molecular formula is C26H44O2S. The topological polar surface area (TPSA) is 29.5 Å². The van der Waals surface area contributed by atoms with E-state index in [1.807, 2.05) is 5.57 Å². The van der Waals surface area contributed by atoms with Gasteiger partial charge in [-0.2, -0.15) is 0 Å². The molecule has 0 aromatic carbocycles. The van der Waals surface area contributed by atoms with Crippen LogP contribution in [0.3, 0.4) is 0 Å². The van der Waals surface area contributed by atoms with Gasteiger partial charge in [0.2, 0.25) is 0 Å². The highest BCUT2D eigenvalue weighted by atomic mass is 32.2. The predicted octanol–water partition coefficient (Wildman–Crippen LogP) is 8.29. The van der Waals surface area contributed by atoms with Gasteiger partial charge in [-0.15, -0.1) is 0 Å². The van der Waals surface area contributed by atoms with E-state index in [1.165, 1.54) is 70.6 Å². The molecule has 4 rings (SSSR count). The fourth-order valence-electron chi connectivity index (χ4n) is 8.72. The SMILES string of the molecule is CC(CCCC(C)C1CCC2C3CC=C4CCCCC4(C)C3CCC12C)OSO. The molecule has 3 fully saturated rings. The van der Waals surface area contributed by atoms with Gasteiger partial charge in [0.1, 0.15) is 0 Å². The van der Waals surface area contributed by atoms with Crippen LogP contribution in [0.2, 0.25) is 0 Å². The van der Waals surface area contributed by atoms with Gasteiger partial charge in [0.15, 0.2) is 12.3 Å². The fourth-order valence-corrected chi connectivity index (χ4v) is 8.97. The van der Waals surface area contributed by atoms with E-state index in [-0.39, 0.29) is 6.10 Å². The normalized spacial score (nSPS) is 43.7. The second kappa shape index (κ2) is 8.87. The molecule has 0 aliphatic heterocycles. The highest BCUT2D eigenvalue weighted by Gasteiger charge is 2.58. The zero-order valence-corrected chi connectivity index (χ0v) is 20.1. The molecule has 3 heteroatoms. The molecule has 0 amide bonds. The van der Waals surface area contributed by atoms with Crippen LogP contribution in [-0.2, 0) is 4.18 Å². The molecule has 0 radical (unpaired) electrons. The van der Waals surface area contributed by atoms with Gasteiger partial charge in [-0.05, 0) is 105 Å². The molecule has 8 atom stereocenters. The van der Waals surface area contributed by atoms with Crippen molar-refractivity contribution >= 4 is 12.3 Å². The monoisotopic (exact) mass is 420 g/mol. The largest absolute Gasteiger partial charge is 0.307 e. The summed E-state index contributed by atoms with van der Waals surface area (Å²) in [4.78, 5) is 0. The number of rotatable bonds is 7. The first-order valence-corrected chi connectivity index (χ1v) is 13.3. The highest BCUT2D eigenvalue weighted by molar-refractivity contribution is 7.88. The van der Waals surface area contributed by atoms with Crippen molar-refractivity contribution in [2.75, 3.05) is 0 Å². The molecule has 0 aromatic rings. The lowest BCUT2D eigenvalue weighted by Crippen LogP contribution is -2.50. The molecule has 166 valence electrons. The molecule has 0 saturated heterocycles. The first kappa shape index (κ1) is 22.2. The summed E-state index contributed by atoms with van der Waals surface area (Å²) in [6, 6.07) is 0. The lowest BCUT2D eigenvalue weighted by molar-refractivity contribution is -0.0500. The van der Waals surface area contributed by atoms with Crippen LogP contribution in [0, 0.1) is 40.4 Å². The molecule has 8 unspecified atom stereocenters. The lowest BCUT2D eigenvalue weighted by atomic mass is 9.47. The Kier molecular flexibility index (Phi) is 6.79. The zero-order chi connectivity index (χ0) is 20.6. The van der Waals surface area contributed by atoms with Gasteiger partial charge in [-0.25, -0.2) is 0 Å². The van der Waals surface area contributed by atoms with Crippen LogP contribution in [-0.4, -0.2) is 10.7 Å². The van der Waals surface area contributed by atoms with Gasteiger partial charge in [-0.1, -0.05) is 51.7 Å². The molecule has 0 heterocycles. The van der Waals surface area contributed by atoms with Crippen molar-refractivity contribution in [3.63, 3.8) is 0 Å². The van der Waals surface area contributed by atoms with E-state index in [2.05, 4.69) is 33.8 Å². The van der Waals surface area contributed by atoms with Crippen LogP contribution in [0.1, 0.15) is 105 Å². The van der Waals surface area contributed by atoms with E-state index < -0.39 is 0 Å². The first-order chi connectivity index (χ1) is 13.9. The Hall–Kier alpha value is 0.01000. The summed E-state index contributed by atoms with van der Waals surface area (Å²) < 4.78 is 14.1. The van der Waals surface area contributed by atoms with Gasteiger partial charge in [0.25, 0.3) is 0 Å². The molecule has 4 aliphatic carbocycles. The molecule has 0 bridgehead atoms. The van der Waals surface area contributed by atoms with Crippen molar-refractivity contribution in [1.29, 1.82) is 0 Å². The van der Waals surface area contributed by atoms with Crippen molar-refractivity contribution in [3.05, 3.63) is 11.6 Å². The summed E-state index contributed by atoms with van der Waals surface area (Å²) in [6.07, 6.45) is 19.4. The third-order valence-electron chi connectivity index (χ3n) is 10.3. The van der Waals surface area contributed by atoms with Gasteiger partial charge in [0.05, 0.1) is 6.10 Å². The molecule has 4 aliphatic rings. The van der Waals surface area contributed by atoms with Crippen LogP contribution in [0.25, 0.3) is 0 Å². The van der Waals surface area contributed by atoms with Crippen LogP contribution >= 0.6 is 12.3 Å². The molecule has 2 nitrogen and oxygen atoms in total. The van der Waals surface area contributed by atoms with Crippen LogP contribution < -0.4 is 0 Å². The maximum Gasteiger partial charge on any atom is 0.155 e. The second-order valence-corrected chi connectivity index (χ2v) is 11.9. The van der Waals surface area contributed by atoms with Gasteiger partial charge >= 0.3 is 0 Å². The van der Waals surface area contributed by atoms with Crippen molar-refractivity contribution < 1.29 is 8.74 Å². The minimum atomic E-state index is 0.152. The number of hydrogen-bond acceptors (Lipinski definition) is 3. The smallest absolute Gasteiger partial charge is 0.155 e. The van der Waals surface area contributed by atoms with E-state index in [9.17, 15) is 0 Å². The van der Waals surface area contributed by atoms with Crippen molar-refractivity contribution in [2.24, 2.45) is 40.4 Å². The quantitative estimate of drug-likeness (QED) is 0.332. The predicted molar refractivity (Wildman–Crippen MR) is 124 cm³/mol. The molecular weight excluding hydrogens is 376 g/mol. The highest BCUT2D eigenvalue weighted by Crippen LogP contribution is 2.67. The third kappa shape index (κ3) is 3.98. The fraction of sp³-hybridized carbons (Fsp3) is 0.923. The van der Waals surface area contributed by atoms with E-state index in [0.29, 0.717) is 23.2 Å². The van der Waals surface area contributed by atoms with Crippen LogP contribution in [0.15, 0.2) is 11.6 Å². The minimum Gasteiger partial charge on any atom is -0.307 e. The summed E-state index contributed by atoms with van der Waals surface area (Å²) in [6.45, 7) is 9.91. The van der Waals surface area contributed by atoms with Crippen molar-refractivity contribution in [2.45, 2.75) is 111 Å². The molecule has 1 N–H and O–H groups in total. The Morgan fingerprint density at radius 3 is 2.72 bits per heavy atom. The Morgan fingerprint density at radius 2 is 1.93 bits per heavy atom. The molecule has 0 spiro atoms. The second-order valence-electron chi connectivity index (χ2n) is 11.6. The van der Waals surface area contributed by atoms with Crippen LogP contribution in [0.5, 0.6) is 0 Å². The summed E-state index contributed by atoms with van der Waals surface area (Å²) in [7, 11) is 0. The van der Waals surface area contributed by atoms with E-state index in [4.69, 9.17) is 8.74 Å². The van der Waals surface area contributed by atoms with E-state index >= 15 is 0 Å². The third-order valence-corrected chi connectivity index (χ3v) is 10.7. The Bertz CT molecular complexity index is 604. The zero-order valence-electron chi connectivity index (χ0n) is 19.3. The van der Waals surface area contributed by atoms with E-state index in [1.54, 1.807) is 0 Å². The molecule has 0 aromatic heterocycles. The van der Waals surface area contributed by atoms with E-state index in [0.717, 1.165) is 36.0 Å². The standard InChI is InChI=1S/C26H44O2S/c1-18(8-7-9-19(2)28-29-27)22-13-14-23-21-12-11-20-10-5-6-16-25(20,3)24(21)15-17-26(22,23)4/h11,18-19,21-24,27H,5-10,12-17H2,1-4H3. The van der Waals surface area contributed by atoms with Crippen LogP contribution in [0.4, 0.5) is 0 Å². The summed E-state index contributed by atoms with van der Waals surface area (Å²) in [5, 5.41) is 0. The minimum absolute atomic E-state index is 0.152. The summed E-state index contributed by atoms with van der Waals surface area (Å²) >= 11 is 0.521. The first-order valence-electron chi connectivity index (χ1n) is 12.6. The summed E-state index contributed by atoms with van der Waals surface area (Å²) in [5.74, 6) is 4.59. The van der Waals surface area contributed by atoms with Gasteiger partial charge in [0, 0.05) is 0 Å². The Labute approximate surface area is 184 Å². The average Bonchev–Trinajstić information content (AvgIpc) is 3.05.